The lowest BCUT2D eigenvalue weighted by atomic mass is 10.1. The van der Waals surface area contributed by atoms with Crippen LogP contribution in [0.5, 0.6) is 0 Å². The van der Waals surface area contributed by atoms with Gasteiger partial charge in [-0.3, -0.25) is 4.79 Å². The van der Waals surface area contributed by atoms with Crippen molar-refractivity contribution in [3.63, 3.8) is 0 Å². The second-order valence-corrected chi connectivity index (χ2v) is 7.20. The summed E-state index contributed by atoms with van der Waals surface area (Å²) in [5, 5.41) is 12.6. The zero-order chi connectivity index (χ0) is 17.1. The number of carboxylic acid groups (broad SMARTS) is 1. The van der Waals surface area contributed by atoms with E-state index in [-0.39, 0.29) is 12.2 Å². The third-order valence-corrected chi connectivity index (χ3v) is 5.38. The van der Waals surface area contributed by atoms with Gasteiger partial charge in [-0.05, 0) is 31.0 Å². The van der Waals surface area contributed by atoms with E-state index < -0.39 is 5.97 Å². The predicted molar refractivity (Wildman–Crippen MR) is 95.1 cm³/mol. The number of fused-ring (bicyclic) bond motifs is 1. The van der Waals surface area contributed by atoms with E-state index in [9.17, 15) is 9.18 Å². The van der Waals surface area contributed by atoms with Gasteiger partial charge < -0.3 is 5.11 Å². The molecule has 0 saturated carbocycles. The Balaban J connectivity index is 1.96. The summed E-state index contributed by atoms with van der Waals surface area (Å²) in [6.07, 6.45) is 0.731. The Kier molecular flexibility index (Phi) is 5.11. The lowest BCUT2D eigenvalue weighted by Gasteiger charge is -2.06. The second kappa shape index (κ2) is 7.27. The molecule has 124 valence electrons. The number of nitrogens with zero attached hydrogens (tertiary/aromatic N) is 2. The predicted octanol–water partition coefficient (Wildman–Crippen LogP) is 4.76. The summed E-state index contributed by atoms with van der Waals surface area (Å²) in [6, 6.07) is 6.37. The fraction of sp³-hybridized carbons (Fsp3) is 0.235. The number of benzene rings is 1. The van der Waals surface area contributed by atoms with E-state index in [1.54, 1.807) is 23.9 Å². The molecule has 0 unspecified atom stereocenters. The molecule has 2 heterocycles. The second-order valence-electron chi connectivity index (χ2n) is 5.26. The van der Waals surface area contributed by atoms with Gasteiger partial charge in [0.25, 0.3) is 0 Å². The lowest BCUT2D eigenvalue weighted by Crippen LogP contribution is -1.96. The highest BCUT2D eigenvalue weighted by Gasteiger charge is 2.15. The molecule has 3 aromatic rings. The third-order valence-electron chi connectivity index (χ3n) is 3.44. The Labute approximate surface area is 146 Å². The highest BCUT2D eigenvalue weighted by molar-refractivity contribution is 7.99. The Morgan fingerprint density at radius 2 is 2.04 bits per heavy atom. The largest absolute Gasteiger partial charge is 0.481 e. The van der Waals surface area contributed by atoms with Crippen molar-refractivity contribution in [1.82, 2.24) is 9.97 Å². The van der Waals surface area contributed by atoms with Crippen LogP contribution in [0.4, 0.5) is 4.39 Å². The van der Waals surface area contributed by atoms with E-state index in [4.69, 9.17) is 5.11 Å². The first-order valence-electron chi connectivity index (χ1n) is 7.41. The quantitative estimate of drug-likeness (QED) is 0.389. The van der Waals surface area contributed by atoms with Crippen molar-refractivity contribution in [3.05, 3.63) is 41.3 Å². The van der Waals surface area contributed by atoms with Gasteiger partial charge in [-0.15, -0.1) is 23.1 Å². The number of hydrogen-bond acceptors (Lipinski definition) is 5. The molecule has 0 amide bonds. The summed E-state index contributed by atoms with van der Waals surface area (Å²) >= 11 is 3.07. The average Bonchev–Trinajstić information content (AvgIpc) is 2.95. The molecule has 0 aliphatic rings. The van der Waals surface area contributed by atoms with Crippen LogP contribution in [-0.2, 0) is 4.79 Å². The molecule has 0 saturated heterocycles. The van der Waals surface area contributed by atoms with Crippen molar-refractivity contribution in [2.75, 3.05) is 5.75 Å². The Morgan fingerprint density at radius 3 is 2.75 bits per heavy atom. The van der Waals surface area contributed by atoms with Gasteiger partial charge in [0.05, 0.1) is 5.39 Å². The van der Waals surface area contributed by atoms with Gasteiger partial charge >= 0.3 is 5.97 Å². The summed E-state index contributed by atoms with van der Waals surface area (Å²) in [5.41, 5.74) is 1.90. The monoisotopic (exact) mass is 362 g/mol. The number of hydrogen-bond donors (Lipinski definition) is 1. The Hall–Kier alpha value is -1.99. The summed E-state index contributed by atoms with van der Waals surface area (Å²) in [7, 11) is 0. The lowest BCUT2D eigenvalue weighted by molar-refractivity contribution is -0.137. The first-order valence-corrected chi connectivity index (χ1v) is 9.27. The first kappa shape index (κ1) is 16.9. The molecule has 4 nitrogen and oxygen atoms in total. The van der Waals surface area contributed by atoms with Crippen LogP contribution in [0.3, 0.4) is 0 Å². The van der Waals surface area contributed by atoms with E-state index in [0.29, 0.717) is 18.0 Å². The molecular weight excluding hydrogens is 347 g/mol. The van der Waals surface area contributed by atoms with Gasteiger partial charge in [0.1, 0.15) is 21.5 Å². The van der Waals surface area contributed by atoms with Crippen LogP contribution < -0.4 is 0 Å². The molecule has 0 bridgehead atoms. The zero-order valence-corrected chi connectivity index (χ0v) is 14.6. The van der Waals surface area contributed by atoms with Crippen molar-refractivity contribution < 1.29 is 14.3 Å². The zero-order valence-electron chi connectivity index (χ0n) is 13.0. The average molecular weight is 362 g/mol. The number of carboxylic acids is 1. The van der Waals surface area contributed by atoms with Crippen molar-refractivity contribution >= 4 is 39.3 Å². The Bertz CT molecular complexity index is 878. The van der Waals surface area contributed by atoms with Crippen LogP contribution in [0.1, 0.15) is 18.7 Å². The molecule has 1 aromatic carbocycles. The molecule has 0 spiro atoms. The number of carbonyl (C=O) groups is 1. The minimum absolute atomic E-state index is 0.147. The molecule has 3 rings (SSSR count). The third kappa shape index (κ3) is 3.73. The summed E-state index contributed by atoms with van der Waals surface area (Å²) < 4.78 is 13.2. The molecule has 0 aliphatic carbocycles. The maximum Gasteiger partial charge on any atom is 0.303 e. The minimum Gasteiger partial charge on any atom is -0.481 e. The van der Waals surface area contributed by atoms with E-state index in [2.05, 4.69) is 9.97 Å². The number of thioether (sulfide) groups is 1. The van der Waals surface area contributed by atoms with Crippen LogP contribution in [0.25, 0.3) is 21.3 Å². The van der Waals surface area contributed by atoms with Gasteiger partial charge in [0.15, 0.2) is 0 Å². The van der Waals surface area contributed by atoms with E-state index in [1.807, 2.05) is 12.3 Å². The maximum atomic E-state index is 13.2. The SMILES string of the molecule is Cc1nc(SCCCC(=O)O)c2c(-c3ccc(F)cc3)csc2n1. The number of halogens is 1. The van der Waals surface area contributed by atoms with Gasteiger partial charge in [0, 0.05) is 23.1 Å². The van der Waals surface area contributed by atoms with Crippen molar-refractivity contribution in [2.45, 2.75) is 24.8 Å². The number of aliphatic carboxylic acids is 1. The minimum atomic E-state index is -0.790. The van der Waals surface area contributed by atoms with Crippen molar-refractivity contribution in [2.24, 2.45) is 0 Å². The highest BCUT2D eigenvalue weighted by atomic mass is 32.2. The van der Waals surface area contributed by atoms with Crippen LogP contribution in [0.2, 0.25) is 0 Å². The number of rotatable bonds is 6. The molecule has 1 N–H and O–H groups in total. The summed E-state index contributed by atoms with van der Waals surface area (Å²) in [6.45, 7) is 1.85. The molecule has 0 atom stereocenters. The maximum absolute atomic E-state index is 13.2. The summed E-state index contributed by atoms with van der Waals surface area (Å²) in [4.78, 5) is 20.5. The molecule has 24 heavy (non-hydrogen) atoms. The number of thiophene rings is 1. The smallest absolute Gasteiger partial charge is 0.303 e. The van der Waals surface area contributed by atoms with Gasteiger partial charge in [-0.2, -0.15) is 0 Å². The van der Waals surface area contributed by atoms with Gasteiger partial charge in [0.2, 0.25) is 0 Å². The Morgan fingerprint density at radius 1 is 1.29 bits per heavy atom. The van der Waals surface area contributed by atoms with Crippen LogP contribution >= 0.6 is 23.1 Å². The van der Waals surface area contributed by atoms with Crippen molar-refractivity contribution in [1.29, 1.82) is 0 Å². The molecule has 0 fully saturated rings. The normalized spacial score (nSPS) is 11.1. The van der Waals surface area contributed by atoms with Crippen molar-refractivity contribution in [3.8, 4) is 11.1 Å². The standard InChI is InChI=1S/C17H15FN2O2S2/c1-10-19-16(23-8-2-3-14(21)22)15-13(9-24-17(15)20-10)11-4-6-12(18)7-5-11/h4-7,9H,2-3,8H2,1H3,(H,21,22). The van der Waals surface area contributed by atoms with Crippen LogP contribution in [-0.4, -0.2) is 26.8 Å². The number of aromatic nitrogens is 2. The van der Waals surface area contributed by atoms with E-state index >= 15 is 0 Å². The molecular formula is C17H15FN2O2S2. The van der Waals surface area contributed by atoms with Gasteiger partial charge in [-0.25, -0.2) is 14.4 Å². The number of aryl methyl sites for hydroxylation is 1. The highest BCUT2D eigenvalue weighted by Crippen LogP contribution is 2.38. The topological polar surface area (TPSA) is 63.1 Å². The van der Waals surface area contributed by atoms with E-state index in [0.717, 1.165) is 26.4 Å². The fourth-order valence-corrected chi connectivity index (χ4v) is 4.44. The van der Waals surface area contributed by atoms with Crippen LogP contribution in [0, 0.1) is 12.7 Å². The summed E-state index contributed by atoms with van der Waals surface area (Å²) in [5.74, 6) is 0.308. The van der Waals surface area contributed by atoms with Crippen LogP contribution in [0.15, 0.2) is 34.7 Å². The first-order chi connectivity index (χ1) is 11.5. The fourth-order valence-electron chi connectivity index (χ4n) is 2.35. The molecule has 0 radical (unpaired) electrons. The van der Waals surface area contributed by atoms with E-state index in [1.165, 1.54) is 23.5 Å². The van der Waals surface area contributed by atoms with Gasteiger partial charge in [-0.1, -0.05) is 12.1 Å². The molecule has 7 heteroatoms. The molecule has 2 aromatic heterocycles. The molecule has 0 aliphatic heterocycles.